The number of aryl methyl sites for hydroxylation is 2. The summed E-state index contributed by atoms with van der Waals surface area (Å²) in [5.41, 5.74) is 2.18. The summed E-state index contributed by atoms with van der Waals surface area (Å²) >= 11 is 8.04. The normalized spacial score (nSPS) is 8.02. The molecule has 0 amide bonds. The molecule has 0 aliphatic rings. The molecule has 0 aromatic carbocycles. The van der Waals surface area contributed by atoms with Crippen LogP contribution in [-0.4, -0.2) is 71.0 Å². The van der Waals surface area contributed by atoms with Gasteiger partial charge in [0.15, 0.2) is 0 Å². The molecule has 3 N–H and O–H groups in total. The third kappa shape index (κ3) is 24.6. The number of hydrogen-bond acceptors (Lipinski definition) is 18. The van der Waals surface area contributed by atoms with E-state index in [1.165, 1.54) is 38.6 Å². The molecular formula is C29H25BBrLiN6O9S3. The van der Waals surface area contributed by atoms with Gasteiger partial charge >= 0.3 is 44.4 Å². The maximum Gasteiger partial charge on any atom is 1.00 e. The SMILES string of the molecule is Brc1cncnc1.Cc1ccc(-c2cncnc2)s1.Cc1ccc(B(O)O)s1.O=C=O.O=C=O.O=C=O.[Li+].[OH-].c1csc(-c2cncnc2)c1. The molecule has 0 fully saturated rings. The topological polar surface area (TPSA) is 250 Å². The summed E-state index contributed by atoms with van der Waals surface area (Å²) in [6, 6.07) is 11.9. The minimum absolute atomic E-state index is 0. The third-order valence-corrected chi connectivity index (χ3v) is 7.92. The van der Waals surface area contributed by atoms with Crippen LogP contribution < -0.4 is 23.6 Å². The number of rotatable bonds is 3. The second-order valence-electron chi connectivity index (χ2n) is 7.77. The average Bonchev–Trinajstić information content (AvgIpc) is 3.88. The minimum Gasteiger partial charge on any atom is -0.870 e. The van der Waals surface area contributed by atoms with Crippen molar-refractivity contribution < 1.29 is 63.2 Å². The van der Waals surface area contributed by atoms with Gasteiger partial charge in [0.1, 0.15) is 19.0 Å². The van der Waals surface area contributed by atoms with E-state index in [9.17, 15) is 0 Å². The van der Waals surface area contributed by atoms with Gasteiger partial charge in [0.05, 0.1) is 4.47 Å². The van der Waals surface area contributed by atoms with E-state index in [-0.39, 0.29) is 42.8 Å². The third-order valence-electron chi connectivity index (χ3n) is 4.50. The van der Waals surface area contributed by atoms with Crippen molar-refractivity contribution in [3.8, 4) is 20.9 Å². The van der Waals surface area contributed by atoms with Crippen LogP contribution in [0.3, 0.4) is 0 Å². The zero-order valence-corrected chi connectivity index (χ0v) is 30.4. The Morgan fingerprint density at radius 2 is 1.02 bits per heavy atom. The van der Waals surface area contributed by atoms with E-state index in [0.717, 1.165) is 20.5 Å². The van der Waals surface area contributed by atoms with Crippen LogP contribution in [0.5, 0.6) is 0 Å². The van der Waals surface area contributed by atoms with Gasteiger partial charge in [0, 0.05) is 72.6 Å². The van der Waals surface area contributed by atoms with Crippen molar-refractivity contribution in [2.24, 2.45) is 0 Å². The maximum atomic E-state index is 8.60. The van der Waals surface area contributed by atoms with E-state index in [1.54, 1.807) is 47.5 Å². The van der Waals surface area contributed by atoms with Crippen molar-refractivity contribution in [1.82, 2.24) is 29.9 Å². The van der Waals surface area contributed by atoms with Crippen LogP contribution in [0.2, 0.25) is 0 Å². The quantitative estimate of drug-likeness (QED) is 0.235. The number of halogens is 1. The Hall–Kier alpha value is -4.50. The second kappa shape index (κ2) is 33.0. The molecule has 0 saturated carbocycles. The number of thiophene rings is 3. The first-order chi connectivity index (χ1) is 23.2. The van der Waals surface area contributed by atoms with Gasteiger partial charge < -0.3 is 15.5 Å². The van der Waals surface area contributed by atoms with E-state index >= 15 is 0 Å². The van der Waals surface area contributed by atoms with Gasteiger partial charge in [-0.3, -0.25) is 0 Å². The molecule has 21 heteroatoms. The van der Waals surface area contributed by atoms with Gasteiger partial charge in [-0.05, 0) is 59.4 Å². The van der Waals surface area contributed by atoms with Crippen LogP contribution in [0.4, 0.5) is 0 Å². The summed E-state index contributed by atoms with van der Waals surface area (Å²) in [5.74, 6) is 0. The summed E-state index contributed by atoms with van der Waals surface area (Å²) in [6.45, 7) is 4.02. The second-order valence-corrected chi connectivity index (χ2v) is 12.2. The molecule has 6 aromatic heterocycles. The number of nitrogens with zero attached hydrogens (tertiary/aromatic N) is 6. The largest absolute Gasteiger partial charge is 1.00 e. The Kier molecular flexibility index (Phi) is 32.9. The van der Waals surface area contributed by atoms with Gasteiger partial charge in [-0.2, -0.15) is 28.8 Å². The van der Waals surface area contributed by atoms with Crippen LogP contribution in [0.1, 0.15) is 9.75 Å². The minimum atomic E-state index is -1.30. The first-order valence-electron chi connectivity index (χ1n) is 12.6. The summed E-state index contributed by atoms with van der Waals surface area (Å²) in [4.78, 5) is 76.9. The Labute approximate surface area is 318 Å². The van der Waals surface area contributed by atoms with Crippen molar-refractivity contribution in [2.45, 2.75) is 13.8 Å². The molecule has 6 aromatic rings. The molecule has 0 aliphatic heterocycles. The Morgan fingerprint density at radius 3 is 1.30 bits per heavy atom. The fourth-order valence-electron chi connectivity index (χ4n) is 2.76. The monoisotopic (exact) mass is 794 g/mol. The van der Waals surface area contributed by atoms with Crippen molar-refractivity contribution in [1.29, 1.82) is 0 Å². The molecule has 6 rings (SSSR count). The zero-order valence-electron chi connectivity index (χ0n) is 26.4. The molecule has 15 nitrogen and oxygen atoms in total. The van der Waals surface area contributed by atoms with Crippen molar-refractivity contribution in [2.75, 3.05) is 0 Å². The molecule has 50 heavy (non-hydrogen) atoms. The van der Waals surface area contributed by atoms with Crippen molar-refractivity contribution in [3.63, 3.8) is 0 Å². The molecule has 0 bridgehead atoms. The molecule has 0 atom stereocenters. The molecular weight excluding hydrogens is 770 g/mol. The van der Waals surface area contributed by atoms with E-state index in [4.69, 9.17) is 38.8 Å². The molecule has 0 radical (unpaired) electrons. The van der Waals surface area contributed by atoms with Gasteiger partial charge in [0.25, 0.3) is 0 Å². The van der Waals surface area contributed by atoms with E-state index in [2.05, 4.69) is 71.0 Å². The predicted octanol–water partition coefficient (Wildman–Crippen LogP) is 0.771. The van der Waals surface area contributed by atoms with Gasteiger partial charge in [0.2, 0.25) is 0 Å². The van der Waals surface area contributed by atoms with Crippen LogP contribution in [0, 0.1) is 13.8 Å². The van der Waals surface area contributed by atoms with Gasteiger partial charge in [-0.1, -0.05) is 12.1 Å². The van der Waals surface area contributed by atoms with Crippen LogP contribution in [0.15, 0.2) is 102 Å². The van der Waals surface area contributed by atoms with Crippen molar-refractivity contribution >= 4 is 80.3 Å². The maximum absolute atomic E-state index is 8.60. The van der Waals surface area contributed by atoms with Gasteiger partial charge in [-0.15, -0.1) is 34.0 Å². The Bertz CT molecular complexity index is 1750. The molecule has 0 saturated heterocycles. The number of hydrogen-bond donors (Lipinski definition) is 2. The zero-order chi connectivity index (χ0) is 36.0. The smallest absolute Gasteiger partial charge is 0.870 e. The fraction of sp³-hybridized carbons (Fsp3) is 0.0690. The summed E-state index contributed by atoms with van der Waals surface area (Å²) in [7, 11) is -1.30. The summed E-state index contributed by atoms with van der Waals surface area (Å²) in [5, 5.41) is 19.2. The van der Waals surface area contributed by atoms with Gasteiger partial charge in [-0.25, -0.2) is 29.9 Å². The first-order valence-corrected chi connectivity index (χ1v) is 15.9. The first kappa shape index (κ1) is 49.9. The molecule has 0 aliphatic carbocycles. The van der Waals surface area contributed by atoms with E-state index in [1.807, 2.05) is 49.2 Å². The number of carbonyl (C=O) groups excluding carboxylic acids is 6. The van der Waals surface area contributed by atoms with Crippen LogP contribution in [0.25, 0.3) is 20.9 Å². The Morgan fingerprint density at radius 1 is 0.620 bits per heavy atom. The summed E-state index contributed by atoms with van der Waals surface area (Å²) in [6.07, 6.45) is 16.0. The predicted molar refractivity (Wildman–Crippen MR) is 181 cm³/mol. The molecule has 0 unspecified atom stereocenters. The summed E-state index contributed by atoms with van der Waals surface area (Å²) < 4.78 is 1.52. The average molecular weight is 795 g/mol. The molecule has 6 heterocycles. The molecule has 0 spiro atoms. The number of aromatic nitrogens is 6. The standard InChI is InChI=1S/C9H8N2S.C8H6N2S.C5H7BO2S.C4H3BrN2.3CO2.Li.H2O/c1-7-2-3-9(12-7)8-4-10-6-11-5-8;1-2-8(11-3-1)7-4-9-6-10-5-7;1-4-2-3-5(9-4)6(7)8;5-4-1-6-3-7-2-4;3*2-1-3;;/h2-6H,1H3;1-6H;2-3,7-8H,1H3;1-3H;;;;;1H2/q;;;;;;;+1;/p-1. The van der Waals surface area contributed by atoms with Crippen LogP contribution in [-0.2, 0) is 28.8 Å². The van der Waals surface area contributed by atoms with E-state index in [0.29, 0.717) is 4.78 Å². The van der Waals surface area contributed by atoms with Crippen LogP contribution >= 0.6 is 49.9 Å². The van der Waals surface area contributed by atoms with Crippen molar-refractivity contribution in [3.05, 3.63) is 112 Å². The van der Waals surface area contributed by atoms with E-state index < -0.39 is 7.12 Å². The molecule has 254 valence electrons. The Balaban J connectivity index is -0.000000545. The fourth-order valence-corrected chi connectivity index (χ4v) is 5.29.